The molecule has 0 bridgehead atoms. The van der Waals surface area contributed by atoms with Crippen molar-refractivity contribution in [1.82, 2.24) is 0 Å². The van der Waals surface area contributed by atoms with Gasteiger partial charge in [-0.3, -0.25) is 0 Å². The summed E-state index contributed by atoms with van der Waals surface area (Å²) in [5.41, 5.74) is 6.27. The van der Waals surface area contributed by atoms with Gasteiger partial charge in [0.15, 0.2) is 0 Å². The van der Waals surface area contributed by atoms with E-state index in [1.165, 1.54) is 0 Å². The minimum atomic E-state index is -0.776. The lowest BCUT2D eigenvalue weighted by Gasteiger charge is -2.32. The van der Waals surface area contributed by atoms with Crippen LogP contribution in [0.1, 0.15) is 38.3 Å². The molecule has 1 rings (SSSR count). The summed E-state index contributed by atoms with van der Waals surface area (Å²) < 4.78 is 0. The average Bonchev–Trinajstić information content (AvgIpc) is 2.28. The average molecular weight is 193 g/mol. The minimum Gasteiger partial charge on any atom is -0.388 e. The van der Waals surface area contributed by atoms with Crippen molar-refractivity contribution in [2.75, 3.05) is 0 Å². The van der Waals surface area contributed by atoms with Crippen molar-refractivity contribution >= 4 is 0 Å². The van der Waals surface area contributed by atoms with Crippen LogP contribution in [0, 0.1) is 0 Å². The van der Waals surface area contributed by atoms with E-state index in [4.69, 9.17) is 5.73 Å². The van der Waals surface area contributed by atoms with Crippen LogP contribution in [0.2, 0.25) is 0 Å². The predicted molar refractivity (Wildman–Crippen MR) is 58.9 cm³/mol. The summed E-state index contributed by atoms with van der Waals surface area (Å²) in [6.45, 7) is 3.93. The Hall–Kier alpha value is -0.860. The van der Waals surface area contributed by atoms with Crippen LogP contribution in [0.3, 0.4) is 0 Å². The molecule has 0 saturated carbocycles. The normalized spacial score (nSPS) is 14.0. The van der Waals surface area contributed by atoms with Crippen molar-refractivity contribution in [3.63, 3.8) is 0 Å². The third-order valence-electron chi connectivity index (χ3n) is 2.96. The van der Waals surface area contributed by atoms with Gasteiger partial charge in [-0.25, -0.2) is 0 Å². The molecule has 0 fully saturated rings. The molecule has 1 atom stereocenters. The highest BCUT2D eigenvalue weighted by Gasteiger charge is 2.31. The van der Waals surface area contributed by atoms with Crippen LogP contribution < -0.4 is 5.73 Å². The molecule has 0 amide bonds. The number of hydrogen-bond donors (Lipinski definition) is 2. The summed E-state index contributed by atoms with van der Waals surface area (Å²) >= 11 is 0. The molecular weight excluding hydrogens is 174 g/mol. The fourth-order valence-electron chi connectivity index (χ4n) is 1.66. The van der Waals surface area contributed by atoms with E-state index in [2.05, 4.69) is 0 Å². The van der Waals surface area contributed by atoms with Crippen LogP contribution in [-0.2, 0) is 0 Å². The zero-order chi connectivity index (χ0) is 10.6. The summed E-state index contributed by atoms with van der Waals surface area (Å²) in [4.78, 5) is 0. The van der Waals surface area contributed by atoms with Gasteiger partial charge in [0.05, 0.1) is 11.6 Å². The molecule has 0 aliphatic rings. The summed E-state index contributed by atoms with van der Waals surface area (Å²) in [7, 11) is 0. The van der Waals surface area contributed by atoms with E-state index < -0.39 is 5.60 Å². The third kappa shape index (κ3) is 2.14. The number of hydrogen-bond acceptors (Lipinski definition) is 2. The van der Waals surface area contributed by atoms with Gasteiger partial charge in [-0.2, -0.15) is 0 Å². The summed E-state index contributed by atoms with van der Waals surface area (Å²) in [5.74, 6) is 0. The van der Waals surface area contributed by atoms with Gasteiger partial charge in [0.1, 0.15) is 0 Å². The molecule has 0 saturated heterocycles. The molecule has 0 aliphatic carbocycles. The van der Waals surface area contributed by atoms with Gasteiger partial charge in [0, 0.05) is 0 Å². The lowest BCUT2D eigenvalue weighted by Crippen LogP contribution is -2.40. The Morgan fingerprint density at radius 2 is 1.71 bits per heavy atom. The van der Waals surface area contributed by atoms with Crippen molar-refractivity contribution < 1.29 is 5.11 Å². The van der Waals surface area contributed by atoms with E-state index in [1.807, 2.05) is 44.2 Å². The molecule has 1 aromatic carbocycles. The van der Waals surface area contributed by atoms with Crippen LogP contribution in [-0.4, -0.2) is 10.7 Å². The molecular formula is C12H19NO. The Bertz CT molecular complexity index is 267. The maximum atomic E-state index is 10.2. The SMILES string of the molecule is CCC(O)(CC)C(N)c1ccccc1. The monoisotopic (exact) mass is 193 g/mol. The maximum Gasteiger partial charge on any atom is 0.0834 e. The molecule has 0 spiro atoms. The van der Waals surface area contributed by atoms with Gasteiger partial charge in [-0.05, 0) is 18.4 Å². The second-order valence-corrected chi connectivity index (χ2v) is 3.70. The molecule has 78 valence electrons. The van der Waals surface area contributed by atoms with E-state index in [0.29, 0.717) is 12.8 Å². The molecule has 14 heavy (non-hydrogen) atoms. The van der Waals surface area contributed by atoms with E-state index >= 15 is 0 Å². The number of benzene rings is 1. The van der Waals surface area contributed by atoms with Crippen LogP contribution in [0.5, 0.6) is 0 Å². The molecule has 0 heterocycles. The first-order valence-electron chi connectivity index (χ1n) is 5.17. The van der Waals surface area contributed by atoms with Crippen molar-refractivity contribution in [3.8, 4) is 0 Å². The lowest BCUT2D eigenvalue weighted by atomic mass is 9.85. The Balaban J connectivity index is 2.89. The van der Waals surface area contributed by atoms with Crippen molar-refractivity contribution in [2.45, 2.75) is 38.3 Å². The molecule has 2 heteroatoms. The first kappa shape index (κ1) is 11.2. The van der Waals surface area contributed by atoms with Crippen molar-refractivity contribution in [1.29, 1.82) is 0 Å². The largest absolute Gasteiger partial charge is 0.388 e. The number of nitrogens with two attached hydrogens (primary N) is 1. The highest BCUT2D eigenvalue weighted by molar-refractivity contribution is 5.21. The van der Waals surface area contributed by atoms with Gasteiger partial charge in [0.2, 0.25) is 0 Å². The van der Waals surface area contributed by atoms with Crippen molar-refractivity contribution in [3.05, 3.63) is 35.9 Å². The van der Waals surface area contributed by atoms with Gasteiger partial charge < -0.3 is 10.8 Å². The number of rotatable bonds is 4. The first-order chi connectivity index (χ1) is 6.64. The van der Waals surface area contributed by atoms with E-state index in [9.17, 15) is 5.11 Å². The summed E-state index contributed by atoms with van der Waals surface area (Å²) in [6.07, 6.45) is 1.36. The summed E-state index contributed by atoms with van der Waals surface area (Å²) in [5, 5.41) is 10.2. The third-order valence-corrected chi connectivity index (χ3v) is 2.96. The second-order valence-electron chi connectivity index (χ2n) is 3.70. The first-order valence-corrected chi connectivity index (χ1v) is 5.17. The van der Waals surface area contributed by atoms with Crippen LogP contribution >= 0.6 is 0 Å². The quantitative estimate of drug-likeness (QED) is 0.770. The molecule has 1 unspecified atom stereocenters. The summed E-state index contributed by atoms with van der Waals surface area (Å²) in [6, 6.07) is 9.47. The van der Waals surface area contributed by atoms with E-state index in [1.54, 1.807) is 0 Å². The second kappa shape index (κ2) is 4.58. The lowest BCUT2D eigenvalue weighted by molar-refractivity contribution is 0.00568. The zero-order valence-corrected chi connectivity index (χ0v) is 8.90. The smallest absolute Gasteiger partial charge is 0.0834 e. The van der Waals surface area contributed by atoms with Gasteiger partial charge in [-0.15, -0.1) is 0 Å². The highest BCUT2D eigenvalue weighted by atomic mass is 16.3. The van der Waals surface area contributed by atoms with Gasteiger partial charge >= 0.3 is 0 Å². The maximum absolute atomic E-state index is 10.2. The molecule has 0 aliphatic heterocycles. The van der Waals surface area contributed by atoms with Crippen molar-refractivity contribution in [2.24, 2.45) is 5.73 Å². The highest BCUT2D eigenvalue weighted by Crippen LogP contribution is 2.29. The minimum absolute atomic E-state index is 0.293. The fourth-order valence-corrected chi connectivity index (χ4v) is 1.66. The van der Waals surface area contributed by atoms with Crippen LogP contribution in [0.25, 0.3) is 0 Å². The molecule has 0 radical (unpaired) electrons. The Morgan fingerprint density at radius 3 is 2.14 bits per heavy atom. The zero-order valence-electron chi connectivity index (χ0n) is 8.90. The molecule has 0 aromatic heterocycles. The Labute approximate surface area is 85.8 Å². The Kier molecular flexibility index (Phi) is 3.67. The molecule has 2 nitrogen and oxygen atoms in total. The van der Waals surface area contributed by atoms with Gasteiger partial charge in [-0.1, -0.05) is 44.2 Å². The molecule has 1 aromatic rings. The fraction of sp³-hybridized carbons (Fsp3) is 0.500. The Morgan fingerprint density at radius 1 is 1.21 bits per heavy atom. The topological polar surface area (TPSA) is 46.2 Å². The van der Waals surface area contributed by atoms with E-state index in [-0.39, 0.29) is 6.04 Å². The standard InChI is InChI=1S/C12H19NO/c1-3-12(14,4-2)11(13)10-8-6-5-7-9-10/h5-9,11,14H,3-4,13H2,1-2H3. The van der Waals surface area contributed by atoms with Crippen LogP contribution in [0.4, 0.5) is 0 Å². The number of aliphatic hydroxyl groups is 1. The van der Waals surface area contributed by atoms with Gasteiger partial charge in [0.25, 0.3) is 0 Å². The van der Waals surface area contributed by atoms with E-state index in [0.717, 1.165) is 5.56 Å². The van der Waals surface area contributed by atoms with Crippen LogP contribution in [0.15, 0.2) is 30.3 Å². The predicted octanol–water partition coefficient (Wildman–Crippen LogP) is 2.24. The molecule has 3 N–H and O–H groups in total.